The van der Waals surface area contributed by atoms with Gasteiger partial charge in [-0.15, -0.1) is 0 Å². The molecule has 0 nitrogen and oxygen atoms in total. The molecule has 0 fully saturated rings. The Morgan fingerprint density at radius 1 is 1.00 bits per heavy atom. The minimum atomic E-state index is -1.86. The van der Waals surface area contributed by atoms with Gasteiger partial charge in [0.15, 0.2) is 0 Å². The van der Waals surface area contributed by atoms with E-state index in [1.807, 2.05) is 0 Å². The summed E-state index contributed by atoms with van der Waals surface area (Å²) in [6.07, 6.45) is 9.26. The van der Waals surface area contributed by atoms with Gasteiger partial charge < -0.3 is 1.43 Å². The molecule has 0 radical (unpaired) electrons. The third-order valence-electron chi connectivity index (χ3n) is 4.71. The number of hydrogen-bond acceptors (Lipinski definition) is 0. The average molecular weight is 365 g/mol. The van der Waals surface area contributed by atoms with Gasteiger partial charge in [0.2, 0.25) is 0 Å². The van der Waals surface area contributed by atoms with Gasteiger partial charge in [0.1, 0.15) is 0 Å². The maximum Gasteiger partial charge on any atom is -1.00 e. The zero-order valence-electron chi connectivity index (χ0n) is 14.2. The number of benzene rings is 2. The Kier molecular flexibility index (Phi) is 3.70. The van der Waals surface area contributed by atoms with Gasteiger partial charge in [-0.25, -0.2) is 0 Å². The van der Waals surface area contributed by atoms with Crippen molar-refractivity contribution in [3.8, 4) is 11.1 Å². The summed E-state index contributed by atoms with van der Waals surface area (Å²) in [5.41, 5.74) is 6.06. The Bertz CT molecular complexity index is 852. The fourth-order valence-corrected chi connectivity index (χ4v) is 10.9. The molecule has 0 N–H and O–H groups in total. The monoisotopic (exact) mass is 363 g/mol. The summed E-state index contributed by atoms with van der Waals surface area (Å²) in [4.78, 5) is 0. The van der Waals surface area contributed by atoms with Gasteiger partial charge in [-0.05, 0) is 0 Å². The van der Waals surface area contributed by atoms with E-state index in [1.54, 1.807) is 15.3 Å². The molecule has 0 spiro atoms. The summed E-state index contributed by atoms with van der Waals surface area (Å²) in [5, 5.41) is 0. The summed E-state index contributed by atoms with van der Waals surface area (Å²) in [7, 11) is 0. The first kappa shape index (κ1) is 14.3. The zero-order chi connectivity index (χ0) is 15.1. The summed E-state index contributed by atoms with van der Waals surface area (Å²) in [5.74, 6) is 0. The van der Waals surface area contributed by atoms with E-state index in [0.29, 0.717) is 0 Å². The number of hydrogen-bond donors (Lipinski definition) is 0. The van der Waals surface area contributed by atoms with Crippen LogP contribution in [0.15, 0.2) is 64.0 Å². The Labute approximate surface area is 141 Å². The van der Waals surface area contributed by atoms with Crippen LogP contribution in [0.1, 0.15) is 32.8 Å². The molecule has 0 bridgehead atoms. The van der Waals surface area contributed by atoms with Crippen molar-refractivity contribution >= 4 is 6.48 Å². The van der Waals surface area contributed by atoms with Crippen LogP contribution in [0.2, 0.25) is 0 Å². The molecule has 0 saturated carbocycles. The van der Waals surface area contributed by atoms with E-state index in [9.17, 15) is 0 Å². The number of fused-ring (bicyclic) bond motifs is 3. The Morgan fingerprint density at radius 3 is 2.59 bits per heavy atom. The molecule has 0 atom stereocenters. The molecule has 109 valence electrons. The van der Waals surface area contributed by atoms with Crippen LogP contribution in [0.3, 0.4) is 0 Å². The van der Waals surface area contributed by atoms with Crippen LogP contribution in [0, 0.1) is 0 Å². The molecule has 0 aromatic heterocycles. The number of allylic oxidation sites excluding steroid dienone is 4. The third kappa shape index (κ3) is 2.27. The van der Waals surface area contributed by atoms with Crippen LogP contribution >= 0.6 is 0 Å². The second kappa shape index (κ2) is 5.71. The van der Waals surface area contributed by atoms with Crippen molar-refractivity contribution in [1.82, 2.24) is 0 Å². The standard InChI is InChI=1S/C13H9.C5H5.C3H6.Zr.H/c1-3-7-12-10(5-1)9-11-6-2-4-8-13(11)12;1-2-4-5-3-1;1-3-2;;/h1-5,7-8H,9H2;1-3H,4H2;1-2H3;;/q;;;+1;-1. The molecule has 1 heteroatoms. The van der Waals surface area contributed by atoms with E-state index in [2.05, 4.69) is 74.5 Å². The predicted molar refractivity (Wildman–Crippen MR) is 93.6 cm³/mol. The molecule has 2 aromatic carbocycles. The quantitative estimate of drug-likeness (QED) is 0.620. The summed E-state index contributed by atoms with van der Waals surface area (Å²) in [6.45, 7) is 4.71. The van der Waals surface area contributed by atoms with Gasteiger partial charge in [-0.2, -0.15) is 0 Å². The second-order valence-electron chi connectivity index (χ2n) is 6.36. The Balaban J connectivity index is 0.00000156. The van der Waals surface area contributed by atoms with Crippen molar-refractivity contribution < 1.29 is 22.7 Å². The van der Waals surface area contributed by atoms with Crippen molar-refractivity contribution in [2.24, 2.45) is 0 Å². The van der Waals surface area contributed by atoms with Crippen molar-refractivity contribution in [3.05, 3.63) is 75.1 Å². The molecular formula is C21H21Zr. The molecule has 2 aliphatic rings. The minimum Gasteiger partial charge on any atom is -1.00 e. The molecule has 0 unspecified atom stereocenters. The molecule has 0 aliphatic heterocycles. The molecule has 0 heterocycles. The molecule has 4 rings (SSSR count). The van der Waals surface area contributed by atoms with E-state index in [4.69, 9.17) is 0 Å². The average Bonchev–Trinajstić information content (AvgIpc) is 3.15. The Morgan fingerprint density at radius 2 is 1.82 bits per heavy atom. The minimum absolute atomic E-state index is 0. The largest absolute Gasteiger partial charge is 1.00 e. The molecule has 0 saturated heterocycles. The maximum atomic E-state index is 2.42. The van der Waals surface area contributed by atoms with Crippen LogP contribution in [0.5, 0.6) is 0 Å². The second-order valence-corrected chi connectivity index (χ2v) is 13.6. The first-order valence-corrected chi connectivity index (χ1v) is 11.7. The molecule has 2 aromatic rings. The Hall–Kier alpha value is -1.33. The van der Waals surface area contributed by atoms with Crippen LogP contribution in [-0.2, 0) is 27.7 Å². The smallest absolute Gasteiger partial charge is 1.00 e. The van der Waals surface area contributed by atoms with Crippen molar-refractivity contribution in [3.63, 3.8) is 0 Å². The van der Waals surface area contributed by atoms with Crippen LogP contribution in [-0.4, -0.2) is 3.21 Å². The SMILES string of the molecule is C[C](C)=[Zr+]([C]1=CC=CC1)[c]1cccc2c1Cc1ccccc1-2.[H-]. The van der Waals surface area contributed by atoms with Crippen molar-refractivity contribution in [2.45, 2.75) is 26.7 Å². The van der Waals surface area contributed by atoms with Crippen LogP contribution < -0.4 is 3.27 Å². The fourth-order valence-electron chi connectivity index (χ4n) is 3.79. The first-order valence-electron chi connectivity index (χ1n) is 8.00. The summed E-state index contributed by atoms with van der Waals surface area (Å²) >= 11 is -1.86. The van der Waals surface area contributed by atoms with E-state index in [0.717, 1.165) is 6.42 Å². The van der Waals surface area contributed by atoms with Crippen LogP contribution in [0.25, 0.3) is 11.1 Å². The van der Waals surface area contributed by atoms with Crippen LogP contribution in [0.4, 0.5) is 0 Å². The van der Waals surface area contributed by atoms with E-state index >= 15 is 0 Å². The van der Waals surface area contributed by atoms with Crippen molar-refractivity contribution in [1.29, 1.82) is 0 Å². The molecule has 2 aliphatic carbocycles. The van der Waals surface area contributed by atoms with Gasteiger partial charge in [0.05, 0.1) is 0 Å². The topological polar surface area (TPSA) is 0 Å². The summed E-state index contributed by atoms with van der Waals surface area (Å²) < 4.78 is 5.11. The molecule has 22 heavy (non-hydrogen) atoms. The molecule has 0 amide bonds. The van der Waals surface area contributed by atoms with Gasteiger partial charge >= 0.3 is 141 Å². The normalized spacial score (nSPS) is 14.5. The van der Waals surface area contributed by atoms with Gasteiger partial charge in [-0.1, -0.05) is 0 Å². The van der Waals surface area contributed by atoms with Gasteiger partial charge in [0, 0.05) is 0 Å². The summed E-state index contributed by atoms with van der Waals surface area (Å²) in [6, 6.07) is 15.9. The van der Waals surface area contributed by atoms with Crippen molar-refractivity contribution in [2.75, 3.05) is 0 Å². The maximum absolute atomic E-state index is 2.42. The first-order chi connectivity index (χ1) is 10.8. The zero-order valence-corrected chi connectivity index (χ0v) is 15.6. The number of rotatable bonds is 2. The van der Waals surface area contributed by atoms with E-state index in [-0.39, 0.29) is 1.43 Å². The predicted octanol–water partition coefficient (Wildman–Crippen LogP) is 4.67. The fraction of sp³-hybridized carbons (Fsp3) is 0.190. The molecular weight excluding hydrogens is 343 g/mol. The van der Waals surface area contributed by atoms with Gasteiger partial charge in [-0.3, -0.25) is 0 Å². The van der Waals surface area contributed by atoms with E-state index < -0.39 is 21.3 Å². The third-order valence-corrected chi connectivity index (χ3v) is 12.1. The van der Waals surface area contributed by atoms with E-state index in [1.165, 1.54) is 23.1 Å². The van der Waals surface area contributed by atoms with Gasteiger partial charge in [0.25, 0.3) is 0 Å².